The fourth-order valence-electron chi connectivity index (χ4n) is 3.55. The molecule has 1 aliphatic heterocycles. The molecule has 0 aromatic heterocycles. The maximum atomic E-state index is 13.1. The van der Waals surface area contributed by atoms with Crippen molar-refractivity contribution in [2.45, 2.75) is 19.3 Å². The van der Waals surface area contributed by atoms with Gasteiger partial charge in [0.1, 0.15) is 5.75 Å². The van der Waals surface area contributed by atoms with E-state index in [2.05, 4.69) is 10.6 Å². The van der Waals surface area contributed by atoms with Crippen molar-refractivity contribution in [2.75, 3.05) is 39.1 Å². The first-order valence-corrected chi connectivity index (χ1v) is 9.65. The number of benzene rings is 2. The van der Waals surface area contributed by atoms with Crippen LogP contribution in [-0.2, 0) is 0 Å². The molecular weight excluding hydrogens is 374 g/mol. The molecule has 2 N–H and O–H groups in total. The van der Waals surface area contributed by atoms with Crippen LogP contribution in [0.4, 0.5) is 11.4 Å². The van der Waals surface area contributed by atoms with E-state index in [1.807, 2.05) is 60.5 Å². The van der Waals surface area contributed by atoms with E-state index in [4.69, 9.17) is 4.74 Å². The van der Waals surface area contributed by atoms with Crippen molar-refractivity contribution in [3.8, 4) is 5.75 Å². The Hall–Kier alpha value is -2.24. The minimum Gasteiger partial charge on any atom is -0.497 e. The molecule has 1 fully saturated rings. The minimum atomic E-state index is 0. The Morgan fingerprint density at radius 3 is 2.43 bits per heavy atom. The van der Waals surface area contributed by atoms with Crippen molar-refractivity contribution in [3.63, 3.8) is 0 Å². The maximum Gasteiger partial charge on any atom is 0.255 e. The van der Waals surface area contributed by atoms with Gasteiger partial charge in [-0.15, -0.1) is 12.4 Å². The van der Waals surface area contributed by atoms with E-state index in [-0.39, 0.29) is 18.3 Å². The van der Waals surface area contributed by atoms with Gasteiger partial charge in [0.25, 0.3) is 5.91 Å². The second kappa shape index (κ2) is 10.9. The van der Waals surface area contributed by atoms with E-state index in [0.29, 0.717) is 5.92 Å². The lowest BCUT2D eigenvalue weighted by Gasteiger charge is -2.32. The van der Waals surface area contributed by atoms with Gasteiger partial charge in [-0.25, -0.2) is 0 Å². The monoisotopic (exact) mass is 403 g/mol. The first kappa shape index (κ1) is 22.1. The minimum absolute atomic E-state index is 0. The predicted molar refractivity (Wildman–Crippen MR) is 117 cm³/mol. The van der Waals surface area contributed by atoms with Crippen molar-refractivity contribution in [1.82, 2.24) is 10.2 Å². The van der Waals surface area contributed by atoms with Gasteiger partial charge in [0.15, 0.2) is 0 Å². The number of hydrogen-bond acceptors (Lipinski definition) is 4. The van der Waals surface area contributed by atoms with Crippen molar-refractivity contribution in [2.24, 2.45) is 5.92 Å². The van der Waals surface area contributed by atoms with E-state index >= 15 is 0 Å². The average Bonchev–Trinajstić information content (AvgIpc) is 2.73. The first-order chi connectivity index (χ1) is 13.2. The molecule has 0 spiro atoms. The summed E-state index contributed by atoms with van der Waals surface area (Å²) >= 11 is 0. The summed E-state index contributed by atoms with van der Waals surface area (Å²) in [4.78, 5) is 15.1. The van der Waals surface area contributed by atoms with Crippen LogP contribution in [0.5, 0.6) is 5.75 Å². The van der Waals surface area contributed by atoms with Crippen LogP contribution in [0.1, 0.15) is 29.6 Å². The van der Waals surface area contributed by atoms with Gasteiger partial charge >= 0.3 is 0 Å². The highest BCUT2D eigenvalue weighted by molar-refractivity contribution is 6.00. The highest BCUT2D eigenvalue weighted by Crippen LogP contribution is 2.26. The third kappa shape index (κ3) is 5.63. The molecule has 1 amide bonds. The van der Waals surface area contributed by atoms with E-state index in [9.17, 15) is 4.79 Å². The molecule has 1 saturated heterocycles. The SMILES string of the molecule is CNCCC1CCN(C(=O)c2ccccc2Nc2ccc(OC)cc2)CC1.Cl. The largest absolute Gasteiger partial charge is 0.497 e. The van der Waals surface area contributed by atoms with Crippen LogP contribution >= 0.6 is 12.4 Å². The molecule has 152 valence electrons. The molecule has 6 heteroatoms. The molecule has 2 aromatic carbocycles. The number of halogens is 1. The van der Waals surface area contributed by atoms with Crippen LogP contribution in [0.3, 0.4) is 0 Å². The molecule has 0 aliphatic carbocycles. The van der Waals surface area contributed by atoms with E-state index in [0.717, 1.165) is 55.2 Å². The van der Waals surface area contributed by atoms with Gasteiger partial charge in [-0.2, -0.15) is 0 Å². The highest BCUT2D eigenvalue weighted by atomic mass is 35.5. The van der Waals surface area contributed by atoms with Gasteiger partial charge < -0.3 is 20.3 Å². The van der Waals surface area contributed by atoms with Gasteiger partial charge in [0.2, 0.25) is 0 Å². The number of hydrogen-bond donors (Lipinski definition) is 2. The number of carbonyl (C=O) groups is 1. The smallest absolute Gasteiger partial charge is 0.255 e. The Labute approximate surface area is 173 Å². The van der Waals surface area contributed by atoms with Crippen LogP contribution in [0.15, 0.2) is 48.5 Å². The van der Waals surface area contributed by atoms with Crippen LogP contribution in [0.25, 0.3) is 0 Å². The Kier molecular flexibility index (Phi) is 8.61. The van der Waals surface area contributed by atoms with Crippen molar-refractivity contribution in [1.29, 1.82) is 0 Å². The van der Waals surface area contributed by atoms with Gasteiger partial charge in [-0.05, 0) is 75.2 Å². The van der Waals surface area contributed by atoms with Gasteiger partial charge in [0, 0.05) is 18.8 Å². The second-order valence-electron chi connectivity index (χ2n) is 7.03. The summed E-state index contributed by atoms with van der Waals surface area (Å²) in [5.41, 5.74) is 2.49. The third-order valence-corrected chi connectivity index (χ3v) is 5.23. The number of amides is 1. The molecule has 2 aromatic rings. The van der Waals surface area contributed by atoms with Gasteiger partial charge in [-0.1, -0.05) is 12.1 Å². The third-order valence-electron chi connectivity index (χ3n) is 5.23. The zero-order valence-electron chi connectivity index (χ0n) is 16.6. The zero-order chi connectivity index (χ0) is 19.1. The molecule has 0 unspecified atom stereocenters. The Morgan fingerprint density at radius 1 is 1.11 bits per heavy atom. The standard InChI is InChI=1S/C22H29N3O2.ClH/c1-23-14-11-17-12-15-25(16-13-17)22(26)20-5-3-4-6-21(20)24-18-7-9-19(27-2)10-8-18;/h3-10,17,23-24H,11-16H2,1-2H3;1H. The van der Waals surface area contributed by atoms with Gasteiger partial charge in [-0.3, -0.25) is 4.79 Å². The second-order valence-corrected chi connectivity index (χ2v) is 7.03. The summed E-state index contributed by atoms with van der Waals surface area (Å²) < 4.78 is 5.20. The lowest BCUT2D eigenvalue weighted by Crippen LogP contribution is -2.39. The molecule has 28 heavy (non-hydrogen) atoms. The molecule has 5 nitrogen and oxygen atoms in total. The number of nitrogens with one attached hydrogen (secondary N) is 2. The first-order valence-electron chi connectivity index (χ1n) is 9.65. The molecule has 1 heterocycles. The lowest BCUT2D eigenvalue weighted by molar-refractivity contribution is 0.0688. The molecule has 0 bridgehead atoms. The lowest BCUT2D eigenvalue weighted by atomic mass is 9.93. The summed E-state index contributed by atoms with van der Waals surface area (Å²) in [6.07, 6.45) is 3.36. The fourth-order valence-corrected chi connectivity index (χ4v) is 3.55. The number of methoxy groups -OCH3 is 1. The molecule has 3 rings (SSSR count). The summed E-state index contributed by atoms with van der Waals surface area (Å²) in [7, 11) is 3.64. The van der Waals surface area contributed by atoms with E-state index in [1.54, 1.807) is 7.11 Å². The summed E-state index contributed by atoms with van der Waals surface area (Å²) in [5, 5.41) is 6.59. The van der Waals surface area contributed by atoms with Crippen molar-refractivity contribution < 1.29 is 9.53 Å². The van der Waals surface area contributed by atoms with Crippen LogP contribution < -0.4 is 15.4 Å². The molecule has 0 atom stereocenters. The van der Waals surface area contributed by atoms with Crippen LogP contribution in [0.2, 0.25) is 0 Å². The quantitative estimate of drug-likeness (QED) is 0.722. The average molecular weight is 404 g/mol. The van der Waals surface area contributed by atoms with Gasteiger partial charge in [0.05, 0.1) is 18.4 Å². The van der Waals surface area contributed by atoms with Crippen molar-refractivity contribution >= 4 is 29.7 Å². The molecular formula is C22H30ClN3O2. The Bertz CT molecular complexity index is 744. The zero-order valence-corrected chi connectivity index (χ0v) is 17.4. The number of para-hydroxylation sites is 1. The van der Waals surface area contributed by atoms with Crippen LogP contribution in [0, 0.1) is 5.92 Å². The molecule has 0 saturated carbocycles. The Balaban J connectivity index is 0.00000280. The normalized spacial score (nSPS) is 14.3. The number of anilines is 2. The number of piperidine rings is 1. The molecule has 1 aliphatic rings. The van der Waals surface area contributed by atoms with E-state index in [1.165, 1.54) is 6.42 Å². The Morgan fingerprint density at radius 2 is 1.79 bits per heavy atom. The predicted octanol–water partition coefficient (Wildman–Crippen LogP) is 4.32. The van der Waals surface area contributed by atoms with Crippen molar-refractivity contribution in [3.05, 3.63) is 54.1 Å². The number of rotatable bonds is 7. The summed E-state index contributed by atoms with van der Waals surface area (Å²) in [6, 6.07) is 15.4. The molecule has 0 radical (unpaired) electrons. The van der Waals surface area contributed by atoms with Crippen LogP contribution in [-0.4, -0.2) is 44.6 Å². The number of carbonyl (C=O) groups excluding carboxylic acids is 1. The summed E-state index contributed by atoms with van der Waals surface area (Å²) in [5.74, 6) is 1.64. The topological polar surface area (TPSA) is 53.6 Å². The maximum absolute atomic E-state index is 13.1. The van der Waals surface area contributed by atoms with E-state index < -0.39 is 0 Å². The number of nitrogens with zero attached hydrogens (tertiary/aromatic N) is 1. The number of ether oxygens (including phenoxy) is 1. The summed E-state index contributed by atoms with van der Waals surface area (Å²) in [6.45, 7) is 2.72. The highest BCUT2D eigenvalue weighted by Gasteiger charge is 2.24. The number of likely N-dealkylation sites (tertiary alicyclic amines) is 1. The fraction of sp³-hybridized carbons (Fsp3) is 0.409.